The number of hydrogen-bond acceptors (Lipinski definition) is 6. The third-order valence-electron chi connectivity index (χ3n) is 5.23. The molecule has 1 N–H and O–H groups in total. The molecule has 7 nitrogen and oxygen atoms in total. The molecule has 1 saturated heterocycles. The quantitative estimate of drug-likeness (QED) is 0.388. The molecule has 0 unspecified atom stereocenters. The largest absolute Gasteiger partial charge is 0.493 e. The summed E-state index contributed by atoms with van der Waals surface area (Å²) in [5, 5.41) is 3.12. The Kier molecular flexibility index (Phi) is 8.19. The van der Waals surface area contributed by atoms with E-state index in [1.165, 1.54) is 55.3 Å². The molecular formula is C27H23F2N3O4S. The molecule has 1 aliphatic heterocycles. The van der Waals surface area contributed by atoms with Gasteiger partial charge in [0, 0.05) is 12.2 Å². The number of carbonyl (C=O) groups excluding carboxylic acids is 2. The van der Waals surface area contributed by atoms with Crippen molar-refractivity contribution >= 4 is 46.2 Å². The Morgan fingerprint density at radius 2 is 1.70 bits per heavy atom. The number of halogens is 2. The molecule has 0 aliphatic carbocycles. The number of amides is 2. The summed E-state index contributed by atoms with van der Waals surface area (Å²) in [6.07, 6.45) is 1.72. The van der Waals surface area contributed by atoms with Gasteiger partial charge < -0.3 is 14.8 Å². The smallest absolute Gasteiger partial charge is 0.266 e. The minimum atomic E-state index is -0.416. The van der Waals surface area contributed by atoms with Gasteiger partial charge in [-0.15, -0.1) is 0 Å². The van der Waals surface area contributed by atoms with Crippen LogP contribution in [0, 0.1) is 11.6 Å². The van der Waals surface area contributed by atoms with E-state index >= 15 is 0 Å². The molecule has 190 valence electrons. The molecule has 10 heteroatoms. The Morgan fingerprint density at radius 1 is 1.03 bits per heavy atom. The average molecular weight is 524 g/mol. The normalized spacial score (nSPS) is 15.4. The summed E-state index contributed by atoms with van der Waals surface area (Å²) >= 11 is 1.22. The topological polar surface area (TPSA) is 80.2 Å². The zero-order chi connectivity index (χ0) is 26.4. The molecule has 2 amide bonds. The molecule has 3 aromatic carbocycles. The van der Waals surface area contributed by atoms with Gasteiger partial charge in [-0.05, 0) is 91.0 Å². The molecule has 3 aromatic rings. The lowest BCUT2D eigenvalue weighted by molar-refractivity contribution is -0.122. The van der Waals surface area contributed by atoms with E-state index < -0.39 is 11.7 Å². The molecule has 1 fully saturated rings. The number of benzene rings is 3. The lowest BCUT2D eigenvalue weighted by Crippen LogP contribution is -2.28. The summed E-state index contributed by atoms with van der Waals surface area (Å²) in [7, 11) is 1.47. The zero-order valence-corrected chi connectivity index (χ0v) is 20.9. The molecular weight excluding hydrogens is 500 g/mol. The Morgan fingerprint density at radius 3 is 2.35 bits per heavy atom. The third kappa shape index (κ3) is 6.53. The highest BCUT2D eigenvalue weighted by atomic mass is 32.2. The van der Waals surface area contributed by atoms with E-state index in [2.05, 4.69) is 10.3 Å². The predicted octanol–water partition coefficient (Wildman–Crippen LogP) is 5.61. The standard InChI is InChI=1S/C27H23F2N3O4S/c1-3-32-26(34)24(37-27(32)31-21-11-7-19(29)8-12-21)15-17-4-13-22(23(14-17)35-2)36-16-25(33)30-20-9-5-18(28)6-10-20/h4-15H,3,16H2,1-2H3,(H,30,33)/b24-15+,31-27?. The highest BCUT2D eigenvalue weighted by Crippen LogP contribution is 2.35. The lowest BCUT2D eigenvalue weighted by Gasteiger charge is -2.12. The first-order chi connectivity index (χ1) is 17.9. The van der Waals surface area contributed by atoms with Crippen LogP contribution in [0.3, 0.4) is 0 Å². The zero-order valence-electron chi connectivity index (χ0n) is 20.0. The van der Waals surface area contributed by atoms with Gasteiger partial charge in [0.2, 0.25) is 0 Å². The monoisotopic (exact) mass is 523 g/mol. The summed E-state index contributed by atoms with van der Waals surface area (Å²) < 4.78 is 37.2. The maximum Gasteiger partial charge on any atom is 0.266 e. The molecule has 0 spiro atoms. The summed E-state index contributed by atoms with van der Waals surface area (Å²) in [4.78, 5) is 31.6. The van der Waals surface area contributed by atoms with Crippen LogP contribution in [0.5, 0.6) is 11.5 Å². The fourth-order valence-electron chi connectivity index (χ4n) is 3.41. The van der Waals surface area contributed by atoms with Crippen LogP contribution in [0.25, 0.3) is 6.08 Å². The van der Waals surface area contributed by atoms with Gasteiger partial charge in [-0.1, -0.05) is 6.07 Å². The number of nitrogens with zero attached hydrogens (tertiary/aromatic N) is 2. The first-order valence-electron chi connectivity index (χ1n) is 11.3. The summed E-state index contributed by atoms with van der Waals surface area (Å²) in [5.41, 5.74) is 1.68. The second-order valence-electron chi connectivity index (χ2n) is 7.78. The lowest BCUT2D eigenvalue weighted by atomic mass is 10.2. The number of aliphatic imine (C=N–C) groups is 1. The SMILES string of the molecule is CCN1C(=O)/C(=C\c2ccc(OCC(=O)Nc3ccc(F)cc3)c(OC)c2)SC1=Nc1ccc(F)cc1. The van der Waals surface area contributed by atoms with Crippen LogP contribution >= 0.6 is 11.8 Å². The van der Waals surface area contributed by atoms with Gasteiger partial charge in [0.1, 0.15) is 11.6 Å². The van der Waals surface area contributed by atoms with Crippen molar-refractivity contribution in [2.45, 2.75) is 6.92 Å². The number of likely N-dealkylation sites (N-methyl/N-ethyl adjacent to an activating group) is 1. The van der Waals surface area contributed by atoms with Crippen LogP contribution in [0.1, 0.15) is 12.5 Å². The molecule has 37 heavy (non-hydrogen) atoms. The summed E-state index contributed by atoms with van der Waals surface area (Å²) in [6, 6.07) is 16.2. The Labute approximate surface area is 216 Å². The molecule has 0 radical (unpaired) electrons. The number of ether oxygens (including phenoxy) is 2. The second-order valence-corrected chi connectivity index (χ2v) is 8.79. The molecule has 4 rings (SSSR count). The van der Waals surface area contributed by atoms with Crippen LogP contribution in [-0.4, -0.2) is 42.1 Å². The molecule has 0 bridgehead atoms. The van der Waals surface area contributed by atoms with Crippen molar-refractivity contribution in [3.05, 3.63) is 88.8 Å². The minimum absolute atomic E-state index is 0.190. The van der Waals surface area contributed by atoms with Crippen LogP contribution in [0.15, 0.2) is 76.6 Å². The van der Waals surface area contributed by atoms with Crippen molar-refractivity contribution in [2.24, 2.45) is 4.99 Å². The van der Waals surface area contributed by atoms with Crippen LogP contribution in [-0.2, 0) is 9.59 Å². The Balaban J connectivity index is 1.46. The number of rotatable bonds is 8. The fraction of sp³-hybridized carbons (Fsp3) is 0.148. The average Bonchev–Trinajstić information content (AvgIpc) is 3.19. The minimum Gasteiger partial charge on any atom is -0.493 e. The Bertz CT molecular complexity index is 1360. The number of carbonyl (C=O) groups is 2. The van der Waals surface area contributed by atoms with Crippen LogP contribution in [0.2, 0.25) is 0 Å². The number of nitrogens with one attached hydrogen (secondary N) is 1. The summed E-state index contributed by atoms with van der Waals surface area (Å²) in [6.45, 7) is 2.00. The summed E-state index contributed by atoms with van der Waals surface area (Å²) in [5.74, 6) is -0.636. The van der Waals surface area contributed by atoms with Gasteiger partial charge in [0.25, 0.3) is 11.8 Å². The first-order valence-corrected chi connectivity index (χ1v) is 12.1. The maximum absolute atomic E-state index is 13.2. The molecule has 1 heterocycles. The van der Waals surface area contributed by atoms with Crippen molar-refractivity contribution in [1.29, 1.82) is 0 Å². The van der Waals surface area contributed by atoms with Gasteiger partial charge in [-0.25, -0.2) is 13.8 Å². The molecule has 1 aliphatic rings. The van der Waals surface area contributed by atoms with Crippen molar-refractivity contribution in [2.75, 3.05) is 25.6 Å². The van der Waals surface area contributed by atoms with E-state index in [9.17, 15) is 18.4 Å². The molecule has 0 saturated carbocycles. The van der Waals surface area contributed by atoms with Crippen molar-refractivity contribution in [1.82, 2.24) is 4.90 Å². The number of amidine groups is 1. The van der Waals surface area contributed by atoms with E-state index in [1.807, 2.05) is 6.92 Å². The van der Waals surface area contributed by atoms with Crippen molar-refractivity contribution in [3.63, 3.8) is 0 Å². The van der Waals surface area contributed by atoms with Gasteiger partial charge in [-0.2, -0.15) is 0 Å². The predicted molar refractivity (Wildman–Crippen MR) is 140 cm³/mol. The van der Waals surface area contributed by atoms with Crippen molar-refractivity contribution in [3.8, 4) is 11.5 Å². The van der Waals surface area contributed by atoms with Gasteiger partial charge in [-0.3, -0.25) is 14.5 Å². The Hall–Kier alpha value is -4.18. The number of anilines is 1. The third-order valence-corrected chi connectivity index (χ3v) is 6.23. The second kappa shape index (κ2) is 11.7. The van der Waals surface area contributed by atoms with E-state index in [4.69, 9.17) is 9.47 Å². The van der Waals surface area contributed by atoms with E-state index in [0.717, 1.165) is 0 Å². The van der Waals surface area contributed by atoms with Gasteiger partial charge in [0.15, 0.2) is 23.3 Å². The number of hydrogen-bond donors (Lipinski definition) is 1. The highest BCUT2D eigenvalue weighted by molar-refractivity contribution is 8.18. The maximum atomic E-state index is 13.2. The van der Waals surface area contributed by atoms with E-state index in [1.54, 1.807) is 41.3 Å². The van der Waals surface area contributed by atoms with Crippen molar-refractivity contribution < 1.29 is 27.8 Å². The fourth-order valence-corrected chi connectivity index (χ4v) is 4.48. The van der Waals surface area contributed by atoms with E-state index in [-0.39, 0.29) is 18.3 Å². The van der Waals surface area contributed by atoms with Crippen LogP contribution < -0.4 is 14.8 Å². The van der Waals surface area contributed by atoms with Gasteiger partial charge in [0.05, 0.1) is 17.7 Å². The number of thioether (sulfide) groups is 1. The molecule has 0 aromatic heterocycles. The van der Waals surface area contributed by atoms with E-state index in [0.29, 0.717) is 45.1 Å². The van der Waals surface area contributed by atoms with Gasteiger partial charge >= 0.3 is 0 Å². The molecule has 0 atom stereocenters. The van der Waals surface area contributed by atoms with Crippen LogP contribution in [0.4, 0.5) is 20.2 Å². The first kappa shape index (κ1) is 25.9. The number of methoxy groups -OCH3 is 1. The highest BCUT2D eigenvalue weighted by Gasteiger charge is 2.32.